The lowest BCUT2D eigenvalue weighted by Crippen LogP contribution is -2.09. The third-order valence-electron chi connectivity index (χ3n) is 4.02. The number of rotatable bonds is 4. The first kappa shape index (κ1) is 14.9. The number of nitrogens with zero attached hydrogens (tertiary/aromatic N) is 1. The number of nitriles is 1. The van der Waals surface area contributed by atoms with Gasteiger partial charge in [0.2, 0.25) is 0 Å². The molecular weight excluding hydrogens is 288 g/mol. The van der Waals surface area contributed by atoms with Crippen molar-refractivity contribution in [2.75, 3.05) is 7.11 Å². The fraction of sp³-hybridized carbons (Fsp3) is 0.158. The average Bonchev–Trinajstić information content (AvgIpc) is 3.02. The van der Waals surface area contributed by atoms with Crippen LogP contribution in [0.4, 0.5) is 0 Å². The van der Waals surface area contributed by atoms with Gasteiger partial charge < -0.3 is 9.72 Å². The minimum absolute atomic E-state index is 0.119. The van der Waals surface area contributed by atoms with Gasteiger partial charge >= 0.3 is 5.97 Å². The number of hydrogen-bond donors (Lipinski definition) is 1. The first-order chi connectivity index (χ1) is 11.2. The van der Waals surface area contributed by atoms with Crippen LogP contribution in [0.5, 0.6) is 0 Å². The zero-order valence-electron chi connectivity index (χ0n) is 12.7. The molecule has 4 heteroatoms. The second-order valence-electron chi connectivity index (χ2n) is 5.36. The number of aromatic amines is 1. The Labute approximate surface area is 134 Å². The minimum atomic E-state index is -0.260. The van der Waals surface area contributed by atoms with Crippen LogP contribution in [0.2, 0.25) is 0 Å². The number of carbonyl (C=O) groups is 1. The van der Waals surface area contributed by atoms with Crippen molar-refractivity contribution in [3.8, 4) is 6.07 Å². The number of H-pyrrole nitrogens is 1. The van der Waals surface area contributed by atoms with E-state index in [9.17, 15) is 4.79 Å². The molecule has 0 fully saturated rings. The van der Waals surface area contributed by atoms with Crippen molar-refractivity contribution in [1.29, 1.82) is 5.26 Å². The first-order valence-electron chi connectivity index (χ1n) is 7.36. The van der Waals surface area contributed by atoms with E-state index in [-0.39, 0.29) is 18.3 Å². The van der Waals surface area contributed by atoms with Crippen molar-refractivity contribution in [1.82, 2.24) is 4.98 Å². The molecule has 0 spiro atoms. The topological polar surface area (TPSA) is 65.9 Å². The van der Waals surface area contributed by atoms with Gasteiger partial charge in [-0.25, -0.2) is 0 Å². The maximum Gasteiger partial charge on any atom is 0.306 e. The van der Waals surface area contributed by atoms with Crippen LogP contribution in [-0.2, 0) is 9.53 Å². The number of aromatic nitrogens is 1. The van der Waals surface area contributed by atoms with Crippen LogP contribution in [0.3, 0.4) is 0 Å². The maximum absolute atomic E-state index is 11.9. The summed E-state index contributed by atoms with van der Waals surface area (Å²) in [6.07, 6.45) is 2.16. The maximum atomic E-state index is 11.9. The molecule has 3 aromatic rings. The second kappa shape index (κ2) is 6.37. The van der Waals surface area contributed by atoms with E-state index < -0.39 is 0 Å². The van der Waals surface area contributed by atoms with Crippen molar-refractivity contribution in [2.24, 2.45) is 0 Å². The smallest absolute Gasteiger partial charge is 0.306 e. The zero-order chi connectivity index (χ0) is 16.2. The molecule has 0 radical (unpaired) electrons. The highest BCUT2D eigenvalue weighted by Crippen LogP contribution is 2.34. The largest absolute Gasteiger partial charge is 0.469 e. The molecule has 0 unspecified atom stereocenters. The van der Waals surface area contributed by atoms with Gasteiger partial charge in [0.1, 0.15) is 0 Å². The molecule has 0 aliphatic rings. The van der Waals surface area contributed by atoms with Gasteiger partial charge in [0.25, 0.3) is 0 Å². The number of fused-ring (bicyclic) bond motifs is 1. The Kier molecular flexibility index (Phi) is 4.11. The van der Waals surface area contributed by atoms with Gasteiger partial charge in [-0.3, -0.25) is 4.79 Å². The molecule has 0 saturated carbocycles. The molecule has 1 N–H and O–H groups in total. The predicted molar refractivity (Wildman–Crippen MR) is 87.9 cm³/mol. The molecule has 1 aromatic heterocycles. The molecule has 0 aliphatic heterocycles. The van der Waals surface area contributed by atoms with Crippen molar-refractivity contribution in [3.05, 3.63) is 71.4 Å². The summed E-state index contributed by atoms with van der Waals surface area (Å²) in [6.45, 7) is 0. The normalized spacial score (nSPS) is 11.8. The van der Waals surface area contributed by atoms with Crippen LogP contribution in [0, 0.1) is 11.3 Å². The van der Waals surface area contributed by atoms with E-state index in [4.69, 9.17) is 10.00 Å². The Bertz CT molecular complexity index is 875. The molecule has 2 aromatic carbocycles. The fourth-order valence-corrected chi connectivity index (χ4v) is 2.84. The van der Waals surface area contributed by atoms with E-state index in [0.717, 1.165) is 22.0 Å². The van der Waals surface area contributed by atoms with Gasteiger partial charge in [0, 0.05) is 23.0 Å². The number of hydrogen-bond acceptors (Lipinski definition) is 3. The van der Waals surface area contributed by atoms with Gasteiger partial charge in [0.05, 0.1) is 25.2 Å². The van der Waals surface area contributed by atoms with Crippen LogP contribution < -0.4 is 0 Å². The molecular formula is C19H16N2O2. The number of methoxy groups -OCH3 is 1. The first-order valence-corrected chi connectivity index (χ1v) is 7.36. The van der Waals surface area contributed by atoms with E-state index >= 15 is 0 Å². The molecule has 1 atom stereocenters. The zero-order valence-corrected chi connectivity index (χ0v) is 12.7. The molecule has 4 nitrogen and oxygen atoms in total. The summed E-state index contributed by atoms with van der Waals surface area (Å²) in [5.74, 6) is -0.379. The lowest BCUT2D eigenvalue weighted by molar-refractivity contribution is -0.140. The Morgan fingerprint density at radius 2 is 2.04 bits per heavy atom. The average molecular weight is 304 g/mol. The van der Waals surface area contributed by atoms with Gasteiger partial charge in [-0.15, -0.1) is 0 Å². The van der Waals surface area contributed by atoms with Gasteiger partial charge in [0.15, 0.2) is 0 Å². The number of benzene rings is 2. The van der Waals surface area contributed by atoms with Gasteiger partial charge in [-0.2, -0.15) is 5.26 Å². The Morgan fingerprint density at radius 3 is 2.74 bits per heavy atom. The van der Waals surface area contributed by atoms with Crippen molar-refractivity contribution in [3.63, 3.8) is 0 Å². The van der Waals surface area contributed by atoms with Gasteiger partial charge in [-0.05, 0) is 29.3 Å². The van der Waals surface area contributed by atoms with Crippen LogP contribution >= 0.6 is 0 Å². The minimum Gasteiger partial charge on any atom is -0.469 e. The number of ether oxygens (including phenoxy) is 1. The lowest BCUT2D eigenvalue weighted by atomic mass is 9.88. The fourth-order valence-electron chi connectivity index (χ4n) is 2.84. The summed E-state index contributed by atoms with van der Waals surface area (Å²) < 4.78 is 4.86. The van der Waals surface area contributed by atoms with Gasteiger partial charge in [-0.1, -0.05) is 30.3 Å². The van der Waals surface area contributed by atoms with E-state index in [1.165, 1.54) is 7.11 Å². The summed E-state index contributed by atoms with van der Waals surface area (Å²) in [4.78, 5) is 15.1. The van der Waals surface area contributed by atoms with Crippen LogP contribution in [0.15, 0.2) is 54.7 Å². The van der Waals surface area contributed by atoms with E-state index in [2.05, 4.69) is 11.1 Å². The molecule has 0 amide bonds. The molecule has 114 valence electrons. The monoisotopic (exact) mass is 304 g/mol. The molecule has 23 heavy (non-hydrogen) atoms. The summed E-state index contributed by atoms with van der Waals surface area (Å²) in [7, 11) is 1.40. The highest BCUT2D eigenvalue weighted by Gasteiger charge is 2.21. The summed E-state index contributed by atoms with van der Waals surface area (Å²) in [5.41, 5.74) is 3.59. The van der Waals surface area contributed by atoms with Crippen LogP contribution in [0.25, 0.3) is 10.9 Å². The molecule has 0 saturated heterocycles. The lowest BCUT2D eigenvalue weighted by Gasteiger charge is -2.16. The summed E-state index contributed by atoms with van der Waals surface area (Å²) >= 11 is 0. The van der Waals surface area contributed by atoms with Crippen LogP contribution in [-0.4, -0.2) is 18.1 Å². The predicted octanol–water partition coefficient (Wildman–Crippen LogP) is 3.73. The van der Waals surface area contributed by atoms with E-state index in [1.54, 1.807) is 6.07 Å². The quantitative estimate of drug-likeness (QED) is 0.747. The molecule has 3 rings (SSSR count). The second-order valence-corrected chi connectivity index (χ2v) is 5.36. The summed E-state index contributed by atoms with van der Waals surface area (Å²) in [6, 6.07) is 17.5. The van der Waals surface area contributed by atoms with Crippen molar-refractivity contribution < 1.29 is 9.53 Å². The van der Waals surface area contributed by atoms with Crippen LogP contribution in [0.1, 0.15) is 29.0 Å². The SMILES string of the molecule is COC(=O)C[C@H](c1ccccc1)c1c[nH]c2ccc(C#N)cc12. The highest BCUT2D eigenvalue weighted by atomic mass is 16.5. The van der Waals surface area contributed by atoms with Crippen molar-refractivity contribution in [2.45, 2.75) is 12.3 Å². The standard InChI is InChI=1S/C19H16N2O2/c1-23-19(22)10-15(14-5-3-2-4-6-14)17-12-21-18-8-7-13(11-20)9-16(17)18/h2-9,12,15,21H,10H2,1H3/t15-/m1/s1. The van der Waals surface area contributed by atoms with E-state index in [1.807, 2.05) is 48.7 Å². The summed E-state index contributed by atoms with van der Waals surface area (Å²) in [5, 5.41) is 10.1. The number of carbonyl (C=O) groups excluding carboxylic acids is 1. The third-order valence-corrected chi connectivity index (χ3v) is 4.02. The molecule has 0 aliphatic carbocycles. The number of nitrogens with one attached hydrogen (secondary N) is 1. The highest BCUT2D eigenvalue weighted by molar-refractivity contribution is 5.86. The van der Waals surface area contributed by atoms with E-state index in [0.29, 0.717) is 5.56 Å². The Hall–Kier alpha value is -3.06. The Morgan fingerprint density at radius 1 is 1.26 bits per heavy atom. The molecule has 0 bridgehead atoms. The molecule has 1 heterocycles. The Balaban J connectivity index is 2.13. The third kappa shape index (κ3) is 2.95. The van der Waals surface area contributed by atoms with Crippen molar-refractivity contribution >= 4 is 16.9 Å². The number of esters is 1.